The lowest BCUT2D eigenvalue weighted by Gasteiger charge is -1.98. The van der Waals surface area contributed by atoms with Gasteiger partial charge >= 0.3 is 0 Å². The summed E-state index contributed by atoms with van der Waals surface area (Å²) in [5.74, 6) is -8.42. The van der Waals surface area contributed by atoms with E-state index in [1.807, 2.05) is 0 Å². The molecule has 2 aromatic rings. The molecule has 0 fully saturated rings. The number of aliphatic imine (C=N–C) groups is 2. The smallest absolute Gasteiger partial charge is 0.194 e. The van der Waals surface area contributed by atoms with Crippen molar-refractivity contribution in [3.63, 3.8) is 0 Å². The summed E-state index contributed by atoms with van der Waals surface area (Å²) in [6, 6.07) is 3.15. The Hall–Kier alpha value is -2.64. The predicted octanol–water partition coefficient (Wildman–Crippen LogP) is 4.06. The molecule has 0 aliphatic carbocycles. The fourth-order valence-corrected chi connectivity index (χ4v) is 1.75. The van der Waals surface area contributed by atoms with Crippen LogP contribution in [-0.4, -0.2) is 25.5 Å². The Morgan fingerprint density at radius 2 is 0.875 bits per heavy atom. The Labute approximate surface area is 133 Å². The number of benzene rings is 2. The summed E-state index contributed by atoms with van der Waals surface area (Å²) in [6.45, 7) is 0.229. The minimum atomic E-state index is -1.56. The quantitative estimate of drug-likeness (QED) is 0.338. The molecular weight excluding hydrogens is 334 g/mol. The van der Waals surface area contributed by atoms with Crippen LogP contribution in [0.1, 0.15) is 11.1 Å². The fraction of sp³-hybridized carbons (Fsp3) is 0.125. The number of nitrogens with zero attached hydrogens (tertiary/aromatic N) is 2. The van der Waals surface area contributed by atoms with Gasteiger partial charge in [-0.15, -0.1) is 0 Å². The van der Waals surface area contributed by atoms with Crippen molar-refractivity contribution in [1.82, 2.24) is 0 Å². The molecule has 0 N–H and O–H groups in total. The molecule has 24 heavy (non-hydrogen) atoms. The molecule has 0 saturated carbocycles. The first-order chi connectivity index (χ1) is 11.4. The van der Waals surface area contributed by atoms with Crippen LogP contribution in [0.15, 0.2) is 34.3 Å². The van der Waals surface area contributed by atoms with Crippen molar-refractivity contribution in [3.05, 3.63) is 70.3 Å². The van der Waals surface area contributed by atoms with Gasteiger partial charge in [0, 0.05) is 12.4 Å². The highest BCUT2D eigenvalue weighted by molar-refractivity contribution is 5.80. The van der Waals surface area contributed by atoms with Crippen LogP contribution < -0.4 is 0 Å². The average Bonchev–Trinajstić information content (AvgIpc) is 2.53. The lowest BCUT2D eigenvalue weighted by Crippen LogP contribution is -1.96. The van der Waals surface area contributed by atoms with Crippen LogP contribution in [0.25, 0.3) is 0 Å². The number of hydrogen-bond donors (Lipinski definition) is 0. The second kappa shape index (κ2) is 7.76. The molecule has 8 heteroatoms. The molecule has 126 valence electrons. The first-order valence-electron chi connectivity index (χ1n) is 6.67. The molecule has 2 rings (SSSR count). The third-order valence-corrected chi connectivity index (χ3v) is 2.85. The normalized spacial score (nSPS) is 11.8. The van der Waals surface area contributed by atoms with Gasteiger partial charge in [0.1, 0.15) is 0 Å². The molecule has 0 bridgehead atoms. The highest BCUT2D eigenvalue weighted by atomic mass is 19.2. The zero-order valence-corrected chi connectivity index (χ0v) is 12.0. The Morgan fingerprint density at radius 1 is 0.583 bits per heavy atom. The second-order valence-corrected chi connectivity index (χ2v) is 4.67. The van der Waals surface area contributed by atoms with Crippen LogP contribution >= 0.6 is 0 Å². The van der Waals surface area contributed by atoms with Gasteiger partial charge < -0.3 is 0 Å². The van der Waals surface area contributed by atoms with Crippen molar-refractivity contribution < 1.29 is 26.3 Å². The summed E-state index contributed by atoms with van der Waals surface area (Å²) in [4.78, 5) is 7.66. The van der Waals surface area contributed by atoms with E-state index in [1.165, 1.54) is 0 Å². The van der Waals surface area contributed by atoms with Crippen molar-refractivity contribution in [2.45, 2.75) is 0 Å². The van der Waals surface area contributed by atoms with Gasteiger partial charge in [-0.25, -0.2) is 26.3 Å². The van der Waals surface area contributed by atoms with E-state index in [0.29, 0.717) is 0 Å². The minimum Gasteiger partial charge on any atom is -0.291 e. The van der Waals surface area contributed by atoms with Crippen molar-refractivity contribution in [2.24, 2.45) is 9.98 Å². The van der Waals surface area contributed by atoms with Crippen LogP contribution in [0.2, 0.25) is 0 Å². The molecule has 0 amide bonds. The van der Waals surface area contributed by atoms with Crippen LogP contribution in [0.5, 0.6) is 0 Å². The van der Waals surface area contributed by atoms with Gasteiger partial charge in [0.2, 0.25) is 0 Å². The monoisotopic (exact) mass is 344 g/mol. The second-order valence-electron chi connectivity index (χ2n) is 4.67. The Balaban J connectivity index is 1.91. The summed E-state index contributed by atoms with van der Waals surface area (Å²) < 4.78 is 77.4. The summed E-state index contributed by atoms with van der Waals surface area (Å²) in [6.07, 6.45) is 2.27. The van der Waals surface area contributed by atoms with Crippen molar-refractivity contribution in [1.29, 1.82) is 0 Å². The largest absolute Gasteiger partial charge is 0.291 e. The molecule has 0 aliphatic rings. The Bertz CT molecular complexity index is 688. The highest BCUT2D eigenvalue weighted by Gasteiger charge is 2.10. The molecule has 0 atom stereocenters. The van der Waals surface area contributed by atoms with Gasteiger partial charge in [0.05, 0.1) is 13.1 Å². The third-order valence-electron chi connectivity index (χ3n) is 2.85. The molecule has 0 unspecified atom stereocenters. The van der Waals surface area contributed by atoms with E-state index in [9.17, 15) is 26.3 Å². The van der Waals surface area contributed by atoms with Crippen LogP contribution in [0.4, 0.5) is 26.3 Å². The number of rotatable bonds is 5. The Kier molecular flexibility index (Phi) is 5.73. The molecule has 2 nitrogen and oxygen atoms in total. The number of halogens is 6. The van der Waals surface area contributed by atoms with E-state index >= 15 is 0 Å². The van der Waals surface area contributed by atoms with Crippen LogP contribution in [0, 0.1) is 34.9 Å². The third kappa shape index (κ3) is 4.43. The topological polar surface area (TPSA) is 24.7 Å². The molecule has 0 radical (unpaired) electrons. The first-order valence-corrected chi connectivity index (χ1v) is 6.67. The maximum absolute atomic E-state index is 13.0. The molecule has 0 heterocycles. The maximum Gasteiger partial charge on any atom is 0.194 e. The van der Waals surface area contributed by atoms with Crippen molar-refractivity contribution in [2.75, 3.05) is 13.1 Å². The summed E-state index contributed by atoms with van der Waals surface area (Å²) in [5, 5.41) is 0. The van der Waals surface area contributed by atoms with Gasteiger partial charge in [0.15, 0.2) is 34.9 Å². The SMILES string of the molecule is Fc1cc(/C=N/CC/N=C/c2cc(F)c(F)c(F)c2)cc(F)c1F. The summed E-state index contributed by atoms with van der Waals surface area (Å²) >= 11 is 0. The first kappa shape index (κ1) is 17.7. The van der Waals surface area contributed by atoms with E-state index < -0.39 is 34.9 Å². The van der Waals surface area contributed by atoms with Gasteiger partial charge in [-0.3, -0.25) is 9.98 Å². The van der Waals surface area contributed by atoms with E-state index in [0.717, 1.165) is 36.7 Å². The zero-order valence-electron chi connectivity index (χ0n) is 12.0. The highest BCUT2D eigenvalue weighted by Crippen LogP contribution is 2.13. The van der Waals surface area contributed by atoms with E-state index in [2.05, 4.69) is 9.98 Å². The molecule has 0 aromatic heterocycles. The standard InChI is InChI=1S/C16H10F6N2/c17-11-3-9(4-12(18)15(11)21)7-23-1-2-24-8-10-5-13(19)16(22)14(20)6-10/h3-8H,1-2H2/b23-7+,24-8+. The number of hydrogen-bond acceptors (Lipinski definition) is 2. The van der Waals surface area contributed by atoms with Gasteiger partial charge in [0.25, 0.3) is 0 Å². The van der Waals surface area contributed by atoms with E-state index in [1.54, 1.807) is 0 Å². The maximum atomic E-state index is 13.0. The zero-order chi connectivity index (χ0) is 17.7. The van der Waals surface area contributed by atoms with Gasteiger partial charge in [-0.2, -0.15) is 0 Å². The Morgan fingerprint density at radius 3 is 1.17 bits per heavy atom. The fourth-order valence-electron chi connectivity index (χ4n) is 1.75. The molecule has 2 aromatic carbocycles. The van der Waals surface area contributed by atoms with Gasteiger partial charge in [-0.1, -0.05) is 0 Å². The van der Waals surface area contributed by atoms with E-state index in [4.69, 9.17) is 0 Å². The molecular formula is C16H10F6N2. The molecule has 0 spiro atoms. The molecule has 0 aliphatic heterocycles. The van der Waals surface area contributed by atoms with Crippen LogP contribution in [-0.2, 0) is 0 Å². The molecule has 0 saturated heterocycles. The minimum absolute atomic E-state index is 0.0399. The summed E-state index contributed by atoms with van der Waals surface area (Å²) in [5.41, 5.74) is 0.0797. The van der Waals surface area contributed by atoms with Crippen molar-refractivity contribution >= 4 is 12.4 Å². The lowest BCUT2D eigenvalue weighted by molar-refractivity contribution is 0.447. The average molecular weight is 344 g/mol. The van der Waals surface area contributed by atoms with E-state index in [-0.39, 0.29) is 24.2 Å². The van der Waals surface area contributed by atoms with Gasteiger partial charge in [-0.05, 0) is 35.4 Å². The van der Waals surface area contributed by atoms with Crippen LogP contribution in [0.3, 0.4) is 0 Å². The lowest BCUT2D eigenvalue weighted by atomic mass is 10.2. The summed E-state index contributed by atoms with van der Waals surface area (Å²) in [7, 11) is 0. The predicted molar refractivity (Wildman–Crippen MR) is 77.6 cm³/mol. The van der Waals surface area contributed by atoms with Crippen molar-refractivity contribution in [3.8, 4) is 0 Å².